The van der Waals surface area contributed by atoms with Crippen molar-refractivity contribution in [3.05, 3.63) is 87.5 Å². The van der Waals surface area contributed by atoms with E-state index in [1.54, 1.807) is 18.4 Å². The monoisotopic (exact) mass is 435 g/mol. The molecule has 0 bridgehead atoms. The van der Waals surface area contributed by atoms with E-state index < -0.39 is 0 Å². The Balaban J connectivity index is 1.65. The van der Waals surface area contributed by atoms with Crippen molar-refractivity contribution in [2.75, 3.05) is 12.1 Å². The lowest BCUT2D eigenvalue weighted by Crippen LogP contribution is -2.20. The maximum absolute atomic E-state index is 6.12. The highest BCUT2D eigenvalue weighted by atomic mass is 35.5. The van der Waals surface area contributed by atoms with Crippen LogP contribution in [0.25, 0.3) is 5.00 Å². The van der Waals surface area contributed by atoms with Crippen molar-refractivity contribution >= 4 is 34.6 Å². The van der Waals surface area contributed by atoms with Gasteiger partial charge in [0, 0.05) is 16.1 Å². The van der Waals surface area contributed by atoms with E-state index in [0.29, 0.717) is 17.5 Å². The Bertz CT molecular complexity index is 1230. The molecule has 0 aliphatic carbocycles. The van der Waals surface area contributed by atoms with E-state index in [4.69, 9.17) is 21.4 Å². The number of anilines is 1. The zero-order valence-electron chi connectivity index (χ0n) is 16.4. The number of fused-ring (bicyclic) bond motifs is 3. The highest BCUT2D eigenvalue weighted by Gasteiger charge is 2.27. The maximum Gasteiger partial charge on any atom is 0.253 e. The van der Waals surface area contributed by atoms with Crippen LogP contribution in [-0.2, 0) is 6.54 Å². The van der Waals surface area contributed by atoms with Crippen molar-refractivity contribution < 1.29 is 4.74 Å². The number of halogens is 1. The molecule has 8 heteroatoms. The number of hydrazone groups is 1. The minimum absolute atomic E-state index is 0.550. The van der Waals surface area contributed by atoms with Gasteiger partial charge in [-0.2, -0.15) is 5.10 Å². The van der Waals surface area contributed by atoms with Crippen molar-refractivity contribution in [1.82, 2.24) is 14.8 Å². The van der Waals surface area contributed by atoms with E-state index in [-0.39, 0.29) is 0 Å². The summed E-state index contributed by atoms with van der Waals surface area (Å²) in [5, 5.41) is 19.5. The van der Waals surface area contributed by atoms with Crippen LogP contribution in [0, 0.1) is 6.92 Å². The van der Waals surface area contributed by atoms with Crippen LogP contribution in [0.2, 0.25) is 5.02 Å². The first-order chi connectivity index (χ1) is 14.6. The summed E-state index contributed by atoms with van der Waals surface area (Å²) in [5.41, 5.74) is 4.01. The normalized spacial score (nSPS) is 12.8. The van der Waals surface area contributed by atoms with Crippen molar-refractivity contribution in [3.63, 3.8) is 0 Å². The first kappa shape index (κ1) is 18.8. The highest BCUT2D eigenvalue weighted by Crippen LogP contribution is 2.34. The van der Waals surface area contributed by atoms with Gasteiger partial charge in [0.2, 0.25) is 0 Å². The van der Waals surface area contributed by atoms with Gasteiger partial charge in [-0.3, -0.25) is 4.57 Å². The first-order valence-corrected chi connectivity index (χ1v) is 10.6. The molecule has 0 unspecified atom stereocenters. The lowest BCUT2D eigenvalue weighted by molar-refractivity contribution is 0.414. The highest BCUT2D eigenvalue weighted by molar-refractivity contribution is 7.13. The van der Waals surface area contributed by atoms with Gasteiger partial charge in [-0.25, -0.2) is 5.01 Å². The number of hydrogen-bond donors (Lipinski definition) is 0. The fraction of sp³-hybridized carbons (Fsp3) is 0.136. The average molecular weight is 436 g/mol. The third kappa shape index (κ3) is 3.26. The van der Waals surface area contributed by atoms with E-state index in [9.17, 15) is 0 Å². The van der Waals surface area contributed by atoms with Crippen LogP contribution in [0.3, 0.4) is 0 Å². The summed E-state index contributed by atoms with van der Waals surface area (Å²) in [5.74, 6) is 2.33. The van der Waals surface area contributed by atoms with Crippen molar-refractivity contribution in [1.29, 1.82) is 0 Å². The van der Waals surface area contributed by atoms with Crippen molar-refractivity contribution in [3.8, 4) is 10.8 Å². The predicted molar refractivity (Wildman–Crippen MR) is 120 cm³/mol. The number of hydrogen-bond acceptors (Lipinski definition) is 6. The van der Waals surface area contributed by atoms with Crippen LogP contribution in [-0.4, -0.2) is 27.6 Å². The quantitative estimate of drug-likeness (QED) is 0.449. The molecule has 4 aromatic rings. The first-order valence-electron chi connectivity index (χ1n) is 9.39. The molecular weight excluding hydrogens is 418 g/mol. The smallest absolute Gasteiger partial charge is 0.253 e. The van der Waals surface area contributed by atoms with Crippen molar-refractivity contribution in [2.24, 2.45) is 5.10 Å². The molecule has 0 N–H and O–H groups in total. The topological polar surface area (TPSA) is 55.5 Å². The predicted octanol–water partition coefficient (Wildman–Crippen LogP) is 5.07. The van der Waals surface area contributed by atoms with Crippen molar-refractivity contribution in [2.45, 2.75) is 13.5 Å². The molecule has 0 amide bonds. The molecule has 0 saturated heterocycles. The molecule has 30 heavy (non-hydrogen) atoms. The summed E-state index contributed by atoms with van der Waals surface area (Å²) in [6.07, 6.45) is 0. The third-order valence-electron chi connectivity index (χ3n) is 4.97. The molecule has 0 radical (unpaired) electrons. The Morgan fingerprint density at radius 3 is 2.50 bits per heavy atom. The van der Waals surface area contributed by atoms with Gasteiger partial charge in [0.15, 0.2) is 0 Å². The second-order valence-corrected chi connectivity index (χ2v) is 8.21. The van der Waals surface area contributed by atoms with Crippen LogP contribution in [0.15, 0.2) is 65.1 Å². The molecule has 5 rings (SSSR count). The molecule has 0 spiro atoms. The molecule has 2 aromatic carbocycles. The van der Waals surface area contributed by atoms with Gasteiger partial charge in [-0.15, -0.1) is 21.5 Å². The van der Waals surface area contributed by atoms with E-state index in [2.05, 4.69) is 26.2 Å². The summed E-state index contributed by atoms with van der Waals surface area (Å²) in [4.78, 5) is 0. The van der Waals surface area contributed by atoms with Gasteiger partial charge in [-0.1, -0.05) is 35.9 Å². The fourth-order valence-corrected chi connectivity index (χ4v) is 4.53. The number of aromatic nitrogens is 3. The summed E-state index contributed by atoms with van der Waals surface area (Å²) in [7, 11) is 1.66. The standard InChI is InChI=1S/C22H18ClN5OS/c1-14-24-25-22-27(13-15-3-9-18(29-2)10-4-15)26-20(16-5-7-17(23)8-6-16)19-11-12-30-21(19)28(14)22/h3-12H,13H2,1-2H3. The lowest BCUT2D eigenvalue weighted by Gasteiger charge is -2.18. The molecule has 150 valence electrons. The zero-order chi connectivity index (χ0) is 20.7. The van der Waals surface area contributed by atoms with E-state index >= 15 is 0 Å². The number of nitrogens with zero attached hydrogens (tertiary/aromatic N) is 5. The van der Waals surface area contributed by atoms with Crippen LogP contribution < -0.4 is 9.75 Å². The van der Waals surface area contributed by atoms with Gasteiger partial charge in [0.05, 0.1) is 13.7 Å². The second-order valence-electron chi connectivity index (χ2n) is 6.88. The number of thiophene rings is 1. The van der Waals surface area contributed by atoms with Gasteiger partial charge in [0.1, 0.15) is 22.3 Å². The molecule has 1 aliphatic heterocycles. The number of ether oxygens (including phenoxy) is 1. The van der Waals surface area contributed by atoms with Crippen LogP contribution >= 0.6 is 22.9 Å². The molecular formula is C22H18ClN5OS. The van der Waals surface area contributed by atoms with Gasteiger partial charge in [-0.05, 0) is 48.2 Å². The third-order valence-corrected chi connectivity index (χ3v) is 6.12. The Labute approximate surface area is 183 Å². The summed E-state index contributed by atoms with van der Waals surface area (Å²) < 4.78 is 7.34. The van der Waals surface area contributed by atoms with Gasteiger partial charge in [0.25, 0.3) is 5.95 Å². The largest absolute Gasteiger partial charge is 0.497 e. The van der Waals surface area contributed by atoms with Crippen LogP contribution in [0.5, 0.6) is 5.75 Å². The Hall–Kier alpha value is -3.16. The molecule has 0 fully saturated rings. The summed E-state index contributed by atoms with van der Waals surface area (Å²) >= 11 is 7.77. The number of methoxy groups -OCH3 is 1. The average Bonchev–Trinajstić information content (AvgIpc) is 3.36. The summed E-state index contributed by atoms with van der Waals surface area (Å²) in [6.45, 7) is 2.51. The minimum Gasteiger partial charge on any atom is -0.497 e. The molecule has 0 atom stereocenters. The Morgan fingerprint density at radius 2 is 1.77 bits per heavy atom. The minimum atomic E-state index is 0.550. The fourth-order valence-electron chi connectivity index (χ4n) is 3.46. The maximum atomic E-state index is 6.12. The number of benzene rings is 2. The second kappa shape index (κ2) is 7.59. The molecule has 2 aromatic heterocycles. The summed E-state index contributed by atoms with van der Waals surface area (Å²) in [6, 6.07) is 17.8. The molecule has 6 nitrogen and oxygen atoms in total. The Morgan fingerprint density at radius 1 is 1.00 bits per heavy atom. The molecule has 0 saturated carbocycles. The SMILES string of the molecule is COc1ccc(CN2N=C(c3ccc(Cl)cc3)c3ccsc3-n3c(C)nnc32)cc1. The van der Waals surface area contributed by atoms with Crippen LogP contribution in [0.4, 0.5) is 5.95 Å². The van der Waals surface area contributed by atoms with Gasteiger partial charge < -0.3 is 4.74 Å². The van der Waals surface area contributed by atoms with E-state index in [1.165, 1.54) is 0 Å². The number of rotatable bonds is 4. The molecule has 3 heterocycles. The lowest BCUT2D eigenvalue weighted by atomic mass is 10.0. The number of aryl methyl sites for hydroxylation is 1. The van der Waals surface area contributed by atoms with Crippen LogP contribution in [0.1, 0.15) is 22.5 Å². The van der Waals surface area contributed by atoms with E-state index in [1.807, 2.05) is 60.5 Å². The van der Waals surface area contributed by atoms with Gasteiger partial charge >= 0.3 is 0 Å². The van der Waals surface area contributed by atoms with E-state index in [0.717, 1.165) is 39.0 Å². The molecule has 1 aliphatic rings. The Kier molecular flexibility index (Phi) is 4.77. The zero-order valence-corrected chi connectivity index (χ0v) is 18.0.